The molecular formula is C13H16ClN3. The van der Waals surface area contributed by atoms with Gasteiger partial charge in [0.25, 0.3) is 0 Å². The maximum atomic E-state index is 6.15. The number of likely N-dealkylation sites (tertiary alicyclic amines) is 1. The van der Waals surface area contributed by atoms with Crippen molar-refractivity contribution in [1.82, 2.24) is 14.3 Å². The zero-order valence-electron chi connectivity index (χ0n) is 9.93. The van der Waals surface area contributed by atoms with Crippen LogP contribution in [0.4, 0.5) is 0 Å². The minimum Gasteiger partial charge on any atom is -0.306 e. The maximum Gasteiger partial charge on any atom is 0.155 e. The minimum absolute atomic E-state index is 0.444. The van der Waals surface area contributed by atoms with Crippen molar-refractivity contribution in [3.05, 3.63) is 35.2 Å². The van der Waals surface area contributed by atoms with Crippen LogP contribution < -0.4 is 0 Å². The number of fused-ring (bicyclic) bond motifs is 1. The quantitative estimate of drug-likeness (QED) is 0.774. The second-order valence-corrected chi connectivity index (χ2v) is 5.15. The molecule has 3 rings (SSSR count). The van der Waals surface area contributed by atoms with E-state index in [9.17, 15) is 0 Å². The number of hydrogen-bond acceptors (Lipinski definition) is 2. The predicted molar refractivity (Wildman–Crippen MR) is 69.4 cm³/mol. The molecule has 3 nitrogen and oxygen atoms in total. The molecule has 0 N–H and O–H groups in total. The Morgan fingerprint density at radius 3 is 3.06 bits per heavy atom. The molecule has 1 unspecified atom stereocenters. The van der Waals surface area contributed by atoms with Crippen molar-refractivity contribution in [3.63, 3.8) is 0 Å². The van der Waals surface area contributed by atoms with E-state index in [0.29, 0.717) is 6.04 Å². The average Bonchev–Trinajstić information content (AvgIpc) is 2.75. The summed E-state index contributed by atoms with van der Waals surface area (Å²) >= 11 is 6.15. The van der Waals surface area contributed by atoms with Crippen molar-refractivity contribution >= 4 is 17.2 Å². The molecule has 0 radical (unpaired) electrons. The van der Waals surface area contributed by atoms with Gasteiger partial charge >= 0.3 is 0 Å². The molecular weight excluding hydrogens is 234 g/mol. The van der Waals surface area contributed by atoms with Crippen molar-refractivity contribution in [1.29, 1.82) is 0 Å². The van der Waals surface area contributed by atoms with Crippen molar-refractivity contribution in [3.8, 4) is 0 Å². The molecule has 0 aromatic carbocycles. The zero-order valence-corrected chi connectivity index (χ0v) is 10.7. The molecule has 0 amide bonds. The molecule has 17 heavy (non-hydrogen) atoms. The van der Waals surface area contributed by atoms with Crippen LogP contribution in [0, 0.1) is 0 Å². The third-order valence-corrected chi connectivity index (χ3v) is 3.86. The summed E-state index contributed by atoms with van der Waals surface area (Å²) in [4.78, 5) is 7.06. The molecule has 0 saturated carbocycles. The maximum absolute atomic E-state index is 6.15. The molecule has 1 atom stereocenters. The number of imidazole rings is 1. The van der Waals surface area contributed by atoms with E-state index in [0.717, 1.165) is 22.9 Å². The number of halogens is 1. The molecule has 0 bridgehead atoms. The summed E-state index contributed by atoms with van der Waals surface area (Å²) in [5.41, 5.74) is 2.00. The van der Waals surface area contributed by atoms with Crippen LogP contribution in [0.2, 0.25) is 5.02 Å². The third kappa shape index (κ3) is 1.94. The fourth-order valence-electron chi connectivity index (χ4n) is 2.61. The summed E-state index contributed by atoms with van der Waals surface area (Å²) in [5.74, 6) is 0. The average molecular weight is 250 g/mol. The van der Waals surface area contributed by atoms with Crippen LogP contribution in [-0.4, -0.2) is 27.9 Å². The van der Waals surface area contributed by atoms with Crippen LogP contribution in [-0.2, 0) is 0 Å². The van der Waals surface area contributed by atoms with E-state index in [4.69, 9.17) is 11.6 Å². The van der Waals surface area contributed by atoms with Gasteiger partial charge in [-0.15, -0.1) is 0 Å². The van der Waals surface area contributed by atoms with Crippen molar-refractivity contribution in [2.45, 2.75) is 25.3 Å². The summed E-state index contributed by atoms with van der Waals surface area (Å²) in [7, 11) is 2.18. The smallest absolute Gasteiger partial charge is 0.155 e. The number of pyridine rings is 1. The topological polar surface area (TPSA) is 20.5 Å². The molecule has 90 valence electrons. The van der Waals surface area contributed by atoms with Gasteiger partial charge in [-0.2, -0.15) is 0 Å². The molecule has 4 heteroatoms. The Hall–Kier alpha value is -1.06. The lowest BCUT2D eigenvalue weighted by Gasteiger charge is -2.31. The van der Waals surface area contributed by atoms with Gasteiger partial charge in [-0.25, -0.2) is 4.98 Å². The monoisotopic (exact) mass is 249 g/mol. The van der Waals surface area contributed by atoms with Crippen LogP contribution >= 0.6 is 11.6 Å². The zero-order chi connectivity index (χ0) is 11.8. The first-order valence-corrected chi connectivity index (χ1v) is 6.47. The molecule has 2 aromatic rings. The summed E-state index contributed by atoms with van der Waals surface area (Å²) in [6.07, 6.45) is 7.88. The molecule has 3 heterocycles. The normalized spacial score (nSPS) is 22.1. The third-order valence-electron chi connectivity index (χ3n) is 3.57. The highest BCUT2D eigenvalue weighted by atomic mass is 35.5. The molecule has 1 aliphatic heterocycles. The second kappa shape index (κ2) is 4.31. The van der Waals surface area contributed by atoms with E-state index < -0.39 is 0 Å². The van der Waals surface area contributed by atoms with Crippen molar-refractivity contribution < 1.29 is 0 Å². The Balaban J connectivity index is 2.02. The Bertz CT molecular complexity index is 534. The fraction of sp³-hybridized carbons (Fsp3) is 0.462. The van der Waals surface area contributed by atoms with Gasteiger partial charge in [0.05, 0.1) is 16.8 Å². The SMILES string of the molecule is CN1CCCCC1c1cn2cccc(Cl)c2n1. The molecule has 1 fully saturated rings. The molecule has 1 aliphatic rings. The highest BCUT2D eigenvalue weighted by molar-refractivity contribution is 6.33. The number of hydrogen-bond donors (Lipinski definition) is 0. The Morgan fingerprint density at radius 1 is 1.41 bits per heavy atom. The van der Waals surface area contributed by atoms with Crippen LogP contribution in [0.1, 0.15) is 31.0 Å². The summed E-state index contributed by atoms with van der Waals surface area (Å²) in [5, 5.41) is 0.720. The van der Waals surface area contributed by atoms with E-state index in [-0.39, 0.29) is 0 Å². The number of rotatable bonds is 1. The van der Waals surface area contributed by atoms with Crippen LogP contribution in [0.25, 0.3) is 5.65 Å². The van der Waals surface area contributed by atoms with Gasteiger partial charge in [-0.05, 0) is 38.6 Å². The first-order chi connectivity index (χ1) is 8.25. The highest BCUT2D eigenvalue weighted by Gasteiger charge is 2.23. The molecule has 1 saturated heterocycles. The Labute approximate surface area is 106 Å². The number of nitrogens with zero attached hydrogens (tertiary/aromatic N) is 3. The van der Waals surface area contributed by atoms with E-state index in [1.165, 1.54) is 19.3 Å². The molecule has 0 aliphatic carbocycles. The number of piperidine rings is 1. The van der Waals surface area contributed by atoms with Crippen molar-refractivity contribution in [2.75, 3.05) is 13.6 Å². The Morgan fingerprint density at radius 2 is 2.29 bits per heavy atom. The van der Waals surface area contributed by atoms with Gasteiger partial charge in [-0.1, -0.05) is 18.0 Å². The van der Waals surface area contributed by atoms with Gasteiger partial charge in [0.1, 0.15) is 0 Å². The summed E-state index contributed by atoms with van der Waals surface area (Å²) < 4.78 is 2.01. The van der Waals surface area contributed by atoms with E-state index >= 15 is 0 Å². The van der Waals surface area contributed by atoms with Gasteiger partial charge in [0.15, 0.2) is 5.65 Å². The second-order valence-electron chi connectivity index (χ2n) is 4.74. The summed E-state index contributed by atoms with van der Waals surface area (Å²) in [6, 6.07) is 4.28. The minimum atomic E-state index is 0.444. The summed E-state index contributed by atoms with van der Waals surface area (Å²) in [6.45, 7) is 1.16. The lowest BCUT2D eigenvalue weighted by Crippen LogP contribution is -2.29. The first-order valence-electron chi connectivity index (χ1n) is 6.09. The van der Waals surface area contributed by atoms with Crippen LogP contribution in [0.3, 0.4) is 0 Å². The predicted octanol–water partition coefficient (Wildman–Crippen LogP) is 3.14. The lowest BCUT2D eigenvalue weighted by atomic mass is 10.0. The van der Waals surface area contributed by atoms with Gasteiger partial charge in [0, 0.05) is 12.4 Å². The standard InChI is InChI=1S/C13H16ClN3/c1-16-7-3-2-6-12(16)11-9-17-8-4-5-10(14)13(17)15-11/h4-5,8-9,12H,2-3,6-7H2,1H3. The van der Waals surface area contributed by atoms with E-state index in [2.05, 4.69) is 23.1 Å². The lowest BCUT2D eigenvalue weighted by molar-refractivity contribution is 0.184. The van der Waals surface area contributed by atoms with Crippen LogP contribution in [0.5, 0.6) is 0 Å². The van der Waals surface area contributed by atoms with Gasteiger partial charge in [-0.3, -0.25) is 4.90 Å². The van der Waals surface area contributed by atoms with Gasteiger partial charge in [0.2, 0.25) is 0 Å². The van der Waals surface area contributed by atoms with Crippen LogP contribution in [0.15, 0.2) is 24.5 Å². The van der Waals surface area contributed by atoms with Gasteiger partial charge < -0.3 is 4.40 Å². The van der Waals surface area contributed by atoms with E-state index in [1.807, 2.05) is 22.7 Å². The fourth-order valence-corrected chi connectivity index (χ4v) is 2.82. The molecule has 2 aromatic heterocycles. The highest BCUT2D eigenvalue weighted by Crippen LogP contribution is 2.29. The molecule has 0 spiro atoms. The first kappa shape index (κ1) is 11.1. The largest absolute Gasteiger partial charge is 0.306 e. The Kier molecular flexibility index (Phi) is 2.81. The van der Waals surface area contributed by atoms with Crippen molar-refractivity contribution in [2.24, 2.45) is 0 Å². The van der Waals surface area contributed by atoms with E-state index in [1.54, 1.807) is 0 Å². The number of aromatic nitrogens is 2.